The molecule has 0 aliphatic heterocycles. The third-order valence-electron chi connectivity index (χ3n) is 7.93. The fourth-order valence-corrected chi connectivity index (χ4v) is 5.45. The maximum absolute atomic E-state index is 13.3. The van der Waals surface area contributed by atoms with E-state index >= 15 is 0 Å². The van der Waals surface area contributed by atoms with Crippen molar-refractivity contribution in [3.8, 4) is 11.5 Å². The summed E-state index contributed by atoms with van der Waals surface area (Å²) in [6.45, 7) is 3.87. The van der Waals surface area contributed by atoms with Gasteiger partial charge in [0, 0.05) is 5.69 Å². The number of para-hydroxylation sites is 2. The molecule has 0 bridgehead atoms. The van der Waals surface area contributed by atoms with E-state index in [1.807, 2.05) is 0 Å². The number of carbonyl (C=O) groups excluding carboxylic acids is 6. The smallest absolute Gasteiger partial charge is 0.343 e. The molecule has 17 heteroatoms. The average molecular weight is 842 g/mol. The van der Waals surface area contributed by atoms with Gasteiger partial charge in [0.2, 0.25) is 12.1 Å². The Balaban J connectivity index is 1.26. The van der Waals surface area contributed by atoms with Crippen LogP contribution in [0.25, 0.3) is 0 Å². The van der Waals surface area contributed by atoms with Gasteiger partial charge in [0.1, 0.15) is 22.9 Å². The van der Waals surface area contributed by atoms with Gasteiger partial charge in [0.05, 0.1) is 31.9 Å². The SMILES string of the molecule is CC(=O)C(N=Nc1cc(C(=O)Oc2ccccc2)ccc1Cl)C(=O)Nc1cc(Cl)c(NC(=O)C(N=Nc2cc(C(=O)Oc3ccccc3)ccc2Cl)C(C)=O)cc1C. The maximum Gasteiger partial charge on any atom is 0.343 e. The zero-order valence-corrected chi connectivity index (χ0v) is 33.0. The summed E-state index contributed by atoms with van der Waals surface area (Å²) in [6, 6.07) is 24.5. The number of esters is 2. The molecule has 58 heavy (non-hydrogen) atoms. The summed E-state index contributed by atoms with van der Waals surface area (Å²) in [4.78, 5) is 76.9. The number of nitrogens with one attached hydrogen (secondary N) is 2. The Morgan fingerprint density at radius 3 is 1.36 bits per heavy atom. The first-order valence-electron chi connectivity index (χ1n) is 17.1. The number of hydrogen-bond donors (Lipinski definition) is 2. The molecule has 2 atom stereocenters. The molecule has 0 aromatic heterocycles. The zero-order chi connectivity index (χ0) is 41.9. The lowest BCUT2D eigenvalue weighted by atomic mass is 10.1. The van der Waals surface area contributed by atoms with Crippen LogP contribution in [0.5, 0.6) is 11.5 Å². The van der Waals surface area contributed by atoms with Gasteiger partial charge in [-0.2, -0.15) is 20.5 Å². The van der Waals surface area contributed by atoms with E-state index in [1.165, 1.54) is 48.5 Å². The third-order valence-corrected chi connectivity index (χ3v) is 8.88. The van der Waals surface area contributed by atoms with E-state index in [0.717, 1.165) is 13.8 Å². The minimum Gasteiger partial charge on any atom is -0.423 e. The maximum atomic E-state index is 13.3. The molecule has 0 fully saturated rings. The minimum atomic E-state index is -1.64. The second-order valence-corrected chi connectivity index (χ2v) is 13.5. The molecule has 2 amide bonds. The number of benzene rings is 5. The van der Waals surface area contributed by atoms with Crippen LogP contribution < -0.4 is 20.1 Å². The monoisotopic (exact) mass is 840 g/mol. The zero-order valence-electron chi connectivity index (χ0n) is 30.7. The molecular weight excluding hydrogens is 811 g/mol. The third kappa shape index (κ3) is 11.3. The second kappa shape index (κ2) is 19.5. The number of halogens is 3. The Morgan fingerprint density at radius 2 is 0.948 bits per heavy atom. The number of ketones is 2. The molecule has 2 unspecified atom stereocenters. The van der Waals surface area contributed by atoms with Gasteiger partial charge >= 0.3 is 11.9 Å². The van der Waals surface area contributed by atoms with E-state index in [0.29, 0.717) is 17.1 Å². The first-order chi connectivity index (χ1) is 27.7. The number of carbonyl (C=O) groups is 6. The molecule has 294 valence electrons. The molecule has 5 aromatic carbocycles. The van der Waals surface area contributed by atoms with E-state index in [4.69, 9.17) is 44.3 Å². The number of Topliss-reactive ketones (excluding diaryl/α,β-unsaturated/α-hetero) is 2. The second-order valence-electron chi connectivity index (χ2n) is 12.3. The molecule has 0 heterocycles. The Bertz CT molecular complexity index is 2290. The van der Waals surface area contributed by atoms with Crippen LogP contribution in [-0.4, -0.2) is 47.4 Å². The highest BCUT2D eigenvalue weighted by Crippen LogP contribution is 2.32. The molecule has 5 rings (SSSR count). The molecule has 0 radical (unpaired) electrons. The van der Waals surface area contributed by atoms with Crippen molar-refractivity contribution >= 4 is 92.9 Å². The fraction of sp³-hybridized carbons (Fsp3) is 0.122. The Kier molecular flexibility index (Phi) is 14.3. The Morgan fingerprint density at radius 1 is 0.534 bits per heavy atom. The highest BCUT2D eigenvalue weighted by Gasteiger charge is 2.27. The van der Waals surface area contributed by atoms with Crippen LogP contribution in [0.1, 0.15) is 40.1 Å². The lowest BCUT2D eigenvalue weighted by Gasteiger charge is -2.15. The number of rotatable bonds is 14. The van der Waals surface area contributed by atoms with Crippen LogP contribution >= 0.6 is 34.8 Å². The van der Waals surface area contributed by atoms with Crippen LogP contribution in [0.15, 0.2) is 130 Å². The first-order valence-corrected chi connectivity index (χ1v) is 18.2. The topological polar surface area (TPSA) is 194 Å². The fourth-order valence-electron chi connectivity index (χ4n) is 4.93. The van der Waals surface area contributed by atoms with Crippen molar-refractivity contribution < 1.29 is 38.2 Å². The summed E-state index contributed by atoms with van der Waals surface area (Å²) in [5, 5.41) is 21.0. The van der Waals surface area contributed by atoms with E-state index in [-0.39, 0.29) is 48.9 Å². The van der Waals surface area contributed by atoms with Crippen LogP contribution in [0.3, 0.4) is 0 Å². The number of aryl methyl sites for hydroxylation is 1. The number of amides is 2. The normalized spacial score (nSPS) is 12.1. The van der Waals surface area contributed by atoms with Crippen molar-refractivity contribution in [3.05, 3.63) is 141 Å². The van der Waals surface area contributed by atoms with Crippen molar-refractivity contribution in [1.82, 2.24) is 0 Å². The molecule has 0 aliphatic rings. The quantitative estimate of drug-likeness (QED) is 0.0477. The van der Waals surface area contributed by atoms with E-state index in [2.05, 4.69) is 31.1 Å². The summed E-state index contributed by atoms with van der Waals surface area (Å²) in [5.41, 5.74) is 0.824. The minimum absolute atomic E-state index is 0.000697. The van der Waals surface area contributed by atoms with Gasteiger partial charge in [-0.25, -0.2) is 9.59 Å². The van der Waals surface area contributed by atoms with E-state index < -0.39 is 47.4 Å². The van der Waals surface area contributed by atoms with Crippen molar-refractivity contribution in [2.75, 3.05) is 10.6 Å². The lowest BCUT2D eigenvalue weighted by Crippen LogP contribution is -2.32. The van der Waals surface area contributed by atoms with Crippen LogP contribution in [0.4, 0.5) is 22.7 Å². The van der Waals surface area contributed by atoms with Crippen molar-refractivity contribution in [1.29, 1.82) is 0 Å². The van der Waals surface area contributed by atoms with Gasteiger partial charge in [0.25, 0.3) is 11.8 Å². The summed E-state index contributed by atoms with van der Waals surface area (Å²) >= 11 is 19.0. The summed E-state index contributed by atoms with van der Waals surface area (Å²) in [5.74, 6) is -3.82. The predicted octanol–water partition coefficient (Wildman–Crippen LogP) is 9.75. The molecule has 0 saturated heterocycles. The number of hydrogen-bond acceptors (Lipinski definition) is 12. The average Bonchev–Trinajstić information content (AvgIpc) is 3.18. The highest BCUT2D eigenvalue weighted by atomic mass is 35.5. The van der Waals surface area contributed by atoms with E-state index in [9.17, 15) is 28.8 Å². The number of azo groups is 2. The summed E-state index contributed by atoms with van der Waals surface area (Å²) < 4.78 is 10.7. The predicted molar refractivity (Wildman–Crippen MR) is 217 cm³/mol. The lowest BCUT2D eigenvalue weighted by molar-refractivity contribution is -0.127. The van der Waals surface area contributed by atoms with Gasteiger partial charge in [-0.05, 0) is 99.1 Å². The molecule has 5 aromatic rings. The summed E-state index contributed by atoms with van der Waals surface area (Å²) in [6.07, 6.45) is 0. The van der Waals surface area contributed by atoms with Crippen LogP contribution in [0.2, 0.25) is 15.1 Å². The number of anilines is 2. The standard InChI is InChI=1S/C41H31Cl3N6O8/c1-22-18-33(46-39(54)37(24(3)52)50-48-35-20-26(15-17-30(35)43)41(56)58-28-12-8-5-9-13-28)31(44)21-32(22)45-38(53)36(23(2)51)49-47-34-19-25(14-16-29(34)42)40(55)57-27-10-6-4-7-11-27/h4-21,36-37H,1-3H3,(H,45,53)(H,46,54). The molecule has 0 saturated carbocycles. The van der Waals surface area contributed by atoms with E-state index in [1.54, 1.807) is 67.6 Å². The van der Waals surface area contributed by atoms with Gasteiger partial charge in [-0.15, -0.1) is 0 Å². The van der Waals surface area contributed by atoms with Crippen molar-refractivity contribution in [3.63, 3.8) is 0 Å². The first kappa shape index (κ1) is 42.5. The largest absolute Gasteiger partial charge is 0.423 e. The van der Waals surface area contributed by atoms with Crippen molar-refractivity contribution in [2.24, 2.45) is 20.5 Å². The van der Waals surface area contributed by atoms with Crippen LogP contribution in [-0.2, 0) is 19.2 Å². The number of ether oxygens (including phenoxy) is 2. The van der Waals surface area contributed by atoms with Gasteiger partial charge in [-0.3, -0.25) is 19.2 Å². The highest BCUT2D eigenvalue weighted by molar-refractivity contribution is 6.34. The summed E-state index contributed by atoms with van der Waals surface area (Å²) in [7, 11) is 0. The molecule has 14 nitrogen and oxygen atoms in total. The van der Waals surface area contributed by atoms with Gasteiger partial charge in [-0.1, -0.05) is 71.2 Å². The van der Waals surface area contributed by atoms with Crippen molar-refractivity contribution in [2.45, 2.75) is 32.9 Å². The molecule has 0 aliphatic carbocycles. The van der Waals surface area contributed by atoms with Gasteiger partial charge in [0.15, 0.2) is 11.6 Å². The molecular formula is C41H31Cl3N6O8. The Labute approximate surface area is 346 Å². The number of nitrogens with zero attached hydrogens (tertiary/aromatic N) is 4. The van der Waals surface area contributed by atoms with Crippen LogP contribution in [0, 0.1) is 6.92 Å². The molecule has 0 spiro atoms. The Hall–Kier alpha value is -6.61. The molecule has 2 N–H and O–H groups in total. The van der Waals surface area contributed by atoms with Gasteiger partial charge < -0.3 is 20.1 Å².